The van der Waals surface area contributed by atoms with Gasteiger partial charge >= 0.3 is 0 Å². The van der Waals surface area contributed by atoms with Gasteiger partial charge in [-0.25, -0.2) is 9.97 Å². The fourth-order valence-electron chi connectivity index (χ4n) is 5.10. The van der Waals surface area contributed by atoms with Crippen LogP contribution in [-0.2, 0) is 9.59 Å². The molecule has 2 saturated heterocycles. The fraction of sp³-hybridized carbons (Fsp3) is 0.481. The van der Waals surface area contributed by atoms with Gasteiger partial charge in [0.05, 0.1) is 0 Å². The van der Waals surface area contributed by atoms with E-state index in [1.807, 2.05) is 34.9 Å². The number of hydrogen-bond acceptors (Lipinski definition) is 10. The first-order valence-electron chi connectivity index (χ1n) is 13.9. The number of amides is 2. The number of anilines is 5. The molecule has 3 aromatic rings. The van der Waals surface area contributed by atoms with Crippen LogP contribution in [-0.4, -0.2) is 98.7 Å². The first-order valence-corrected chi connectivity index (χ1v) is 13.9. The fourth-order valence-corrected chi connectivity index (χ4v) is 5.10. The summed E-state index contributed by atoms with van der Waals surface area (Å²) in [5, 5.41) is 7.74. The highest BCUT2D eigenvalue weighted by Gasteiger charge is 2.21. The van der Waals surface area contributed by atoms with Crippen LogP contribution in [0, 0.1) is 0 Å². The maximum Gasteiger partial charge on any atom is 0.248 e. The Morgan fingerprint density at radius 3 is 2.33 bits per heavy atom. The van der Waals surface area contributed by atoms with Gasteiger partial charge in [0.1, 0.15) is 12.1 Å². The van der Waals surface area contributed by atoms with Crippen LogP contribution in [0.5, 0.6) is 0 Å². The molecule has 3 N–H and O–H groups in total. The number of piperazine rings is 1. The van der Waals surface area contributed by atoms with Crippen LogP contribution in [0.25, 0.3) is 5.82 Å². The number of nitrogens with two attached hydrogens (primary N) is 1. The number of benzene rings is 1. The molecule has 2 amide bonds. The maximum absolute atomic E-state index is 12.2. The Kier molecular flexibility index (Phi) is 8.27. The first kappa shape index (κ1) is 27.2. The van der Waals surface area contributed by atoms with Gasteiger partial charge in [0.2, 0.25) is 23.7 Å². The first-order chi connectivity index (χ1) is 19.4. The molecule has 13 nitrogen and oxygen atoms in total. The van der Waals surface area contributed by atoms with Gasteiger partial charge in [-0.2, -0.15) is 9.67 Å². The molecule has 2 aromatic heterocycles. The van der Waals surface area contributed by atoms with Gasteiger partial charge < -0.3 is 30.7 Å². The number of carbonyl (C=O) groups excluding carboxylic acids is 2. The quantitative estimate of drug-likeness (QED) is 0.450. The Morgan fingerprint density at radius 2 is 1.60 bits per heavy atom. The van der Waals surface area contributed by atoms with Crippen LogP contribution in [0.2, 0.25) is 0 Å². The summed E-state index contributed by atoms with van der Waals surface area (Å²) in [5.41, 5.74) is 8.15. The highest BCUT2D eigenvalue weighted by molar-refractivity contribution is 5.76. The molecule has 2 aliphatic heterocycles. The van der Waals surface area contributed by atoms with Crippen LogP contribution in [0.3, 0.4) is 0 Å². The molecule has 2 fully saturated rings. The Morgan fingerprint density at radius 1 is 0.900 bits per heavy atom. The van der Waals surface area contributed by atoms with Crippen molar-refractivity contribution in [1.82, 2.24) is 34.5 Å². The smallest absolute Gasteiger partial charge is 0.248 e. The summed E-state index contributed by atoms with van der Waals surface area (Å²) in [4.78, 5) is 45.4. The van der Waals surface area contributed by atoms with Crippen molar-refractivity contribution in [3.63, 3.8) is 0 Å². The highest BCUT2D eigenvalue weighted by atomic mass is 16.2. The lowest BCUT2D eigenvalue weighted by atomic mass is 10.2. The summed E-state index contributed by atoms with van der Waals surface area (Å²) in [7, 11) is 0. The number of aromatic nitrogens is 5. The van der Waals surface area contributed by atoms with Crippen molar-refractivity contribution < 1.29 is 9.59 Å². The largest absolute Gasteiger partial charge is 0.368 e. The molecule has 2 aliphatic rings. The number of nitrogens with one attached hydrogen (secondary N) is 1. The molecule has 212 valence electrons. The van der Waals surface area contributed by atoms with E-state index in [0.717, 1.165) is 69.3 Å². The second-order valence-corrected chi connectivity index (χ2v) is 10.1. The molecule has 40 heavy (non-hydrogen) atoms. The molecule has 13 heteroatoms. The van der Waals surface area contributed by atoms with E-state index in [-0.39, 0.29) is 17.8 Å². The molecular formula is C27H37N11O2. The van der Waals surface area contributed by atoms with Crippen molar-refractivity contribution in [2.45, 2.75) is 33.1 Å². The second kappa shape index (κ2) is 12.2. The normalized spacial score (nSPS) is 16.1. The third kappa shape index (κ3) is 6.24. The average Bonchev–Trinajstić information content (AvgIpc) is 3.16. The van der Waals surface area contributed by atoms with Crippen molar-refractivity contribution in [1.29, 1.82) is 0 Å². The molecular weight excluding hydrogens is 510 g/mol. The third-order valence-corrected chi connectivity index (χ3v) is 7.34. The van der Waals surface area contributed by atoms with Crippen LogP contribution >= 0.6 is 0 Å². The van der Waals surface area contributed by atoms with Crippen molar-refractivity contribution in [2.75, 3.05) is 73.2 Å². The van der Waals surface area contributed by atoms with Crippen molar-refractivity contribution in [2.24, 2.45) is 0 Å². The third-order valence-electron chi connectivity index (χ3n) is 7.34. The predicted octanol–water partition coefficient (Wildman–Crippen LogP) is 1.89. The maximum atomic E-state index is 12.2. The van der Waals surface area contributed by atoms with Gasteiger partial charge in [-0.05, 0) is 37.1 Å². The van der Waals surface area contributed by atoms with Gasteiger partial charge in [-0.3, -0.25) is 9.59 Å². The predicted molar refractivity (Wildman–Crippen MR) is 154 cm³/mol. The zero-order valence-corrected chi connectivity index (χ0v) is 23.2. The molecule has 0 atom stereocenters. The van der Waals surface area contributed by atoms with Crippen LogP contribution in [0.15, 0.2) is 36.7 Å². The van der Waals surface area contributed by atoms with E-state index in [0.29, 0.717) is 31.3 Å². The average molecular weight is 548 g/mol. The summed E-state index contributed by atoms with van der Waals surface area (Å²) in [6.45, 7) is 9.66. The molecule has 0 unspecified atom stereocenters. The van der Waals surface area contributed by atoms with E-state index < -0.39 is 0 Å². The molecule has 4 heterocycles. The van der Waals surface area contributed by atoms with Gasteiger partial charge in [0, 0.05) is 83.1 Å². The Balaban J connectivity index is 1.21. The number of nitrogen functional groups attached to an aromatic ring is 1. The van der Waals surface area contributed by atoms with E-state index in [2.05, 4.69) is 47.3 Å². The molecule has 5 rings (SSSR count). The molecule has 0 aliphatic carbocycles. The topological polar surface area (TPSA) is 142 Å². The van der Waals surface area contributed by atoms with Gasteiger partial charge in [-0.15, -0.1) is 5.10 Å². The lowest BCUT2D eigenvalue weighted by Gasteiger charge is -2.36. The monoisotopic (exact) mass is 547 g/mol. The molecule has 0 bridgehead atoms. The molecule has 1 aromatic carbocycles. The summed E-state index contributed by atoms with van der Waals surface area (Å²) in [6, 6.07) is 9.90. The zero-order chi connectivity index (χ0) is 28.1. The minimum atomic E-state index is 0.0913. The lowest BCUT2D eigenvalue weighted by molar-refractivity contribution is -0.131. The molecule has 0 saturated carbocycles. The Bertz CT molecular complexity index is 1320. The highest BCUT2D eigenvalue weighted by Crippen LogP contribution is 2.23. The Labute approximate surface area is 234 Å². The van der Waals surface area contributed by atoms with E-state index >= 15 is 0 Å². The number of rotatable bonds is 7. The second-order valence-electron chi connectivity index (χ2n) is 10.1. The summed E-state index contributed by atoms with van der Waals surface area (Å²) in [5.74, 6) is 2.18. The van der Waals surface area contributed by atoms with Gasteiger partial charge in [0.15, 0.2) is 5.82 Å². The summed E-state index contributed by atoms with van der Waals surface area (Å²) in [6.07, 6.45) is 3.86. The van der Waals surface area contributed by atoms with Gasteiger partial charge in [0.25, 0.3) is 0 Å². The Hall–Kier alpha value is -4.42. The van der Waals surface area contributed by atoms with Crippen molar-refractivity contribution >= 4 is 40.9 Å². The SMILES string of the molecule is CCCC(=O)N1CCN(c2ccc(Nc3nc(N)n(-c4cc(N5CCCN(C(C)=O)CC5)ncn4)n3)cc2)CC1. The lowest BCUT2D eigenvalue weighted by Crippen LogP contribution is -2.48. The number of nitrogens with zero attached hydrogens (tertiary/aromatic N) is 9. The van der Waals surface area contributed by atoms with E-state index in [4.69, 9.17) is 5.73 Å². The van der Waals surface area contributed by atoms with E-state index in [1.165, 1.54) is 11.0 Å². The minimum absolute atomic E-state index is 0.0913. The van der Waals surface area contributed by atoms with Crippen LogP contribution < -0.4 is 20.9 Å². The van der Waals surface area contributed by atoms with Crippen molar-refractivity contribution in [3.05, 3.63) is 36.7 Å². The summed E-state index contributed by atoms with van der Waals surface area (Å²) >= 11 is 0. The summed E-state index contributed by atoms with van der Waals surface area (Å²) < 4.78 is 1.49. The van der Waals surface area contributed by atoms with Gasteiger partial charge in [-0.1, -0.05) is 6.92 Å². The number of hydrogen-bond donors (Lipinski definition) is 2. The van der Waals surface area contributed by atoms with Crippen LogP contribution in [0.1, 0.15) is 33.1 Å². The number of carbonyl (C=O) groups is 2. The zero-order valence-electron chi connectivity index (χ0n) is 23.2. The standard InChI is InChI=1S/C27H37N11O2/c1-3-5-25(40)37-16-13-35(14-17-37)22-8-6-21(7-9-22)31-27-32-26(28)38(33-27)24-18-23(29-19-30-24)36-11-4-10-34(12-15-36)20(2)39/h6-9,18-19H,3-5,10-17H2,1-2H3,(H3,28,31,32,33). The van der Waals surface area contributed by atoms with Crippen molar-refractivity contribution in [3.8, 4) is 5.82 Å². The van der Waals surface area contributed by atoms with E-state index in [9.17, 15) is 9.59 Å². The molecule has 0 radical (unpaired) electrons. The van der Waals surface area contributed by atoms with Crippen LogP contribution in [0.4, 0.5) is 29.1 Å². The minimum Gasteiger partial charge on any atom is -0.368 e. The van der Waals surface area contributed by atoms with E-state index in [1.54, 1.807) is 6.92 Å². The molecule has 0 spiro atoms.